The maximum atomic E-state index is 12.9. The zero-order valence-corrected chi connectivity index (χ0v) is 18.2. The SMILES string of the molecule is Cc1cc(C)cc(C(=O)N2CCN(S(=O)(=O)c3ccc(Br)cc3Cl)CC2)c1. The lowest BCUT2D eigenvalue weighted by molar-refractivity contribution is 0.0697. The molecule has 0 atom stereocenters. The summed E-state index contributed by atoms with van der Waals surface area (Å²) in [7, 11) is -3.69. The quantitative estimate of drug-likeness (QED) is 0.683. The molecule has 1 saturated heterocycles. The Kier molecular flexibility index (Phi) is 5.96. The van der Waals surface area contributed by atoms with E-state index in [-0.39, 0.29) is 28.9 Å². The van der Waals surface area contributed by atoms with E-state index < -0.39 is 10.0 Å². The number of carbonyl (C=O) groups is 1. The Labute approximate surface area is 173 Å². The molecule has 27 heavy (non-hydrogen) atoms. The van der Waals surface area contributed by atoms with Crippen LogP contribution in [-0.2, 0) is 10.0 Å². The number of benzene rings is 2. The van der Waals surface area contributed by atoms with Crippen molar-refractivity contribution in [2.75, 3.05) is 26.2 Å². The highest BCUT2D eigenvalue weighted by Crippen LogP contribution is 2.28. The predicted octanol–water partition coefficient (Wildman–Crippen LogP) is 3.87. The third-order valence-electron chi connectivity index (χ3n) is 4.51. The number of aryl methyl sites for hydroxylation is 2. The third-order valence-corrected chi connectivity index (χ3v) is 7.38. The van der Waals surface area contributed by atoms with Gasteiger partial charge in [0, 0.05) is 36.2 Å². The van der Waals surface area contributed by atoms with Gasteiger partial charge >= 0.3 is 0 Å². The van der Waals surface area contributed by atoms with E-state index in [1.807, 2.05) is 32.0 Å². The molecule has 0 bridgehead atoms. The molecule has 2 aromatic rings. The highest BCUT2D eigenvalue weighted by Gasteiger charge is 2.31. The molecule has 1 amide bonds. The summed E-state index contributed by atoms with van der Waals surface area (Å²) >= 11 is 9.40. The van der Waals surface area contributed by atoms with Gasteiger partial charge < -0.3 is 4.90 Å². The third kappa shape index (κ3) is 4.37. The lowest BCUT2D eigenvalue weighted by atomic mass is 10.1. The Hall–Kier alpha value is -1.41. The summed E-state index contributed by atoms with van der Waals surface area (Å²) < 4.78 is 27.9. The fraction of sp³-hybridized carbons (Fsp3) is 0.316. The first-order valence-corrected chi connectivity index (χ1v) is 11.1. The number of hydrogen-bond donors (Lipinski definition) is 0. The second-order valence-electron chi connectivity index (χ2n) is 6.65. The number of amides is 1. The van der Waals surface area contributed by atoms with Crippen LogP contribution < -0.4 is 0 Å². The monoisotopic (exact) mass is 470 g/mol. The fourth-order valence-electron chi connectivity index (χ4n) is 3.24. The van der Waals surface area contributed by atoms with Crippen LogP contribution in [0.2, 0.25) is 5.02 Å². The van der Waals surface area contributed by atoms with E-state index in [0.29, 0.717) is 18.7 Å². The zero-order chi connectivity index (χ0) is 19.8. The molecule has 0 aromatic heterocycles. The second-order valence-corrected chi connectivity index (χ2v) is 9.88. The van der Waals surface area contributed by atoms with Crippen molar-refractivity contribution in [1.29, 1.82) is 0 Å². The van der Waals surface area contributed by atoms with Crippen LogP contribution in [0.25, 0.3) is 0 Å². The summed E-state index contributed by atoms with van der Waals surface area (Å²) in [4.78, 5) is 14.5. The molecule has 2 aromatic carbocycles. The minimum atomic E-state index is -3.69. The summed E-state index contributed by atoms with van der Waals surface area (Å²) in [5, 5.41) is 0.179. The van der Waals surface area contributed by atoms with E-state index in [4.69, 9.17) is 11.6 Å². The molecule has 0 N–H and O–H groups in total. The molecule has 0 spiro atoms. The maximum absolute atomic E-state index is 12.9. The van der Waals surface area contributed by atoms with Crippen LogP contribution in [0.3, 0.4) is 0 Å². The first kappa shape index (κ1) is 20.3. The molecule has 1 fully saturated rings. The number of sulfonamides is 1. The molecule has 0 aliphatic carbocycles. The van der Waals surface area contributed by atoms with Crippen molar-refractivity contribution in [2.45, 2.75) is 18.7 Å². The Balaban J connectivity index is 1.73. The van der Waals surface area contributed by atoms with Gasteiger partial charge in [0.25, 0.3) is 5.91 Å². The normalized spacial score (nSPS) is 15.8. The van der Waals surface area contributed by atoms with Crippen LogP contribution in [0.5, 0.6) is 0 Å². The number of carbonyl (C=O) groups excluding carboxylic acids is 1. The number of rotatable bonds is 3. The molecule has 0 unspecified atom stereocenters. The summed E-state index contributed by atoms with van der Waals surface area (Å²) in [6, 6.07) is 10.4. The van der Waals surface area contributed by atoms with Gasteiger partial charge in [0.2, 0.25) is 10.0 Å². The van der Waals surface area contributed by atoms with E-state index >= 15 is 0 Å². The van der Waals surface area contributed by atoms with Crippen LogP contribution in [0.1, 0.15) is 21.5 Å². The number of halogens is 2. The topological polar surface area (TPSA) is 57.7 Å². The van der Waals surface area contributed by atoms with Gasteiger partial charge in [0.05, 0.1) is 5.02 Å². The van der Waals surface area contributed by atoms with Gasteiger partial charge in [0.1, 0.15) is 4.90 Å². The first-order valence-electron chi connectivity index (χ1n) is 8.51. The first-order chi connectivity index (χ1) is 12.7. The molecule has 1 aliphatic rings. The lowest BCUT2D eigenvalue weighted by Gasteiger charge is -2.34. The van der Waals surface area contributed by atoms with Crippen molar-refractivity contribution in [3.8, 4) is 0 Å². The van der Waals surface area contributed by atoms with Crippen LogP contribution in [0.4, 0.5) is 0 Å². The van der Waals surface area contributed by atoms with Crippen molar-refractivity contribution in [1.82, 2.24) is 9.21 Å². The largest absolute Gasteiger partial charge is 0.336 e. The average molecular weight is 472 g/mol. The molecule has 0 saturated carbocycles. The molecular weight excluding hydrogens is 452 g/mol. The molecular formula is C19H20BrClN2O3S. The standard InChI is InChI=1S/C19H20BrClN2O3S/c1-13-9-14(2)11-15(10-13)19(24)22-5-7-23(8-6-22)27(25,26)18-4-3-16(20)12-17(18)21/h3-4,9-12H,5-8H2,1-2H3. The molecule has 1 aliphatic heterocycles. The number of piperazine rings is 1. The predicted molar refractivity (Wildman–Crippen MR) is 110 cm³/mol. The smallest absolute Gasteiger partial charge is 0.253 e. The van der Waals surface area contributed by atoms with Crippen LogP contribution >= 0.6 is 27.5 Å². The number of hydrogen-bond acceptors (Lipinski definition) is 3. The highest BCUT2D eigenvalue weighted by molar-refractivity contribution is 9.10. The number of nitrogens with zero attached hydrogens (tertiary/aromatic N) is 2. The zero-order valence-electron chi connectivity index (χ0n) is 15.1. The van der Waals surface area contributed by atoms with Gasteiger partial charge in [0.15, 0.2) is 0 Å². The Morgan fingerprint density at radius 1 is 1.00 bits per heavy atom. The molecule has 3 rings (SSSR count). The fourth-order valence-corrected chi connectivity index (χ4v) is 5.67. The summed E-state index contributed by atoms with van der Waals surface area (Å²) in [5.74, 6) is -0.0690. The lowest BCUT2D eigenvalue weighted by Crippen LogP contribution is -2.50. The maximum Gasteiger partial charge on any atom is 0.253 e. The molecule has 0 radical (unpaired) electrons. The van der Waals surface area contributed by atoms with Gasteiger partial charge in [-0.3, -0.25) is 4.79 Å². The minimum Gasteiger partial charge on any atom is -0.336 e. The molecule has 8 heteroatoms. The van der Waals surface area contributed by atoms with Crippen molar-refractivity contribution < 1.29 is 13.2 Å². The van der Waals surface area contributed by atoms with Gasteiger partial charge in [-0.1, -0.05) is 44.7 Å². The summed E-state index contributed by atoms with van der Waals surface area (Å²) in [6.45, 7) is 5.08. The van der Waals surface area contributed by atoms with Crippen molar-refractivity contribution >= 4 is 43.5 Å². The van der Waals surface area contributed by atoms with Crippen molar-refractivity contribution in [3.63, 3.8) is 0 Å². The summed E-state index contributed by atoms with van der Waals surface area (Å²) in [5.41, 5.74) is 2.70. The van der Waals surface area contributed by atoms with Crippen molar-refractivity contribution in [2.24, 2.45) is 0 Å². The molecule has 144 valence electrons. The van der Waals surface area contributed by atoms with Crippen LogP contribution in [0.15, 0.2) is 45.8 Å². The average Bonchev–Trinajstić information content (AvgIpc) is 2.60. The second kappa shape index (κ2) is 7.91. The Morgan fingerprint density at radius 3 is 2.15 bits per heavy atom. The van der Waals surface area contributed by atoms with Crippen LogP contribution in [-0.4, -0.2) is 49.7 Å². The van der Waals surface area contributed by atoms with E-state index in [9.17, 15) is 13.2 Å². The minimum absolute atomic E-state index is 0.0690. The van der Waals surface area contributed by atoms with E-state index in [2.05, 4.69) is 15.9 Å². The Morgan fingerprint density at radius 2 is 1.59 bits per heavy atom. The Bertz CT molecular complexity index is 966. The van der Waals surface area contributed by atoms with E-state index in [1.165, 1.54) is 10.4 Å². The van der Waals surface area contributed by atoms with Gasteiger partial charge in [-0.15, -0.1) is 0 Å². The molecule has 5 nitrogen and oxygen atoms in total. The van der Waals surface area contributed by atoms with Gasteiger partial charge in [-0.25, -0.2) is 8.42 Å². The van der Waals surface area contributed by atoms with E-state index in [1.54, 1.807) is 17.0 Å². The van der Waals surface area contributed by atoms with Gasteiger partial charge in [-0.2, -0.15) is 4.31 Å². The van der Waals surface area contributed by atoms with Crippen LogP contribution in [0, 0.1) is 13.8 Å². The van der Waals surface area contributed by atoms with Gasteiger partial charge in [-0.05, 0) is 44.2 Å². The summed E-state index contributed by atoms with van der Waals surface area (Å²) in [6.07, 6.45) is 0. The highest BCUT2D eigenvalue weighted by atomic mass is 79.9. The van der Waals surface area contributed by atoms with Crippen molar-refractivity contribution in [3.05, 3.63) is 62.6 Å². The van der Waals surface area contributed by atoms with E-state index in [0.717, 1.165) is 15.6 Å². The molecule has 1 heterocycles.